The van der Waals surface area contributed by atoms with Gasteiger partial charge < -0.3 is 33.7 Å². The summed E-state index contributed by atoms with van der Waals surface area (Å²) in [4.78, 5) is 20.5. The summed E-state index contributed by atoms with van der Waals surface area (Å²) in [5, 5.41) is 24.7. The molecule has 0 aliphatic carbocycles. The van der Waals surface area contributed by atoms with Crippen LogP contribution in [0.25, 0.3) is 0 Å². The summed E-state index contributed by atoms with van der Waals surface area (Å²) in [6.45, 7) is 8.45. The smallest absolute Gasteiger partial charge is 0.299 e. The van der Waals surface area contributed by atoms with E-state index in [4.69, 9.17) is 28.4 Å². The van der Waals surface area contributed by atoms with Gasteiger partial charge in [0.15, 0.2) is 0 Å². The van der Waals surface area contributed by atoms with Gasteiger partial charge in [0.05, 0.1) is 88.6 Å². The molecule has 0 heterocycles. The Labute approximate surface area is 230 Å². The topological polar surface area (TPSA) is 154 Å². The molecule has 13 heteroatoms. The van der Waals surface area contributed by atoms with Gasteiger partial charge in [0.25, 0.3) is 11.4 Å². The van der Waals surface area contributed by atoms with Crippen LogP contribution in [0.5, 0.6) is 0 Å². The number of rotatable bonds is 28. The predicted molar refractivity (Wildman–Crippen MR) is 147 cm³/mol. The van der Waals surface area contributed by atoms with Crippen LogP contribution >= 0.6 is 0 Å². The van der Waals surface area contributed by atoms with Gasteiger partial charge in [-0.1, -0.05) is 39.0 Å². The van der Waals surface area contributed by atoms with Crippen LogP contribution in [0.15, 0.2) is 18.2 Å². The fourth-order valence-corrected chi connectivity index (χ4v) is 3.38. The van der Waals surface area contributed by atoms with Gasteiger partial charge in [-0.3, -0.25) is 20.2 Å². The third kappa shape index (κ3) is 19.3. The number of benzene rings is 1. The number of hydrogen-bond acceptors (Lipinski definition) is 11. The Balaban J connectivity index is 1.81. The van der Waals surface area contributed by atoms with E-state index in [1.54, 1.807) is 0 Å². The summed E-state index contributed by atoms with van der Waals surface area (Å²) < 4.78 is 32.7. The molecule has 1 aromatic carbocycles. The Bertz CT molecular complexity index is 769. The van der Waals surface area contributed by atoms with Gasteiger partial charge in [0.2, 0.25) is 0 Å². The molecule has 0 unspecified atom stereocenters. The number of non-ortho nitro benzene ring substituents is 1. The molecule has 0 atom stereocenters. The minimum Gasteiger partial charge on any atom is -0.379 e. The number of nitrogens with zero attached hydrogens (tertiary/aromatic N) is 2. The van der Waals surface area contributed by atoms with Crippen LogP contribution in [0.3, 0.4) is 0 Å². The molecule has 0 radical (unpaired) electrons. The zero-order valence-electron chi connectivity index (χ0n) is 23.1. The van der Waals surface area contributed by atoms with Gasteiger partial charge in [-0.05, 0) is 12.5 Å². The maximum Gasteiger partial charge on any atom is 0.299 e. The van der Waals surface area contributed by atoms with Gasteiger partial charge in [-0.2, -0.15) is 0 Å². The summed E-state index contributed by atoms with van der Waals surface area (Å²) in [7, 11) is 0. The van der Waals surface area contributed by atoms with Crippen molar-refractivity contribution in [3.63, 3.8) is 0 Å². The second-order valence-electron chi connectivity index (χ2n) is 8.58. The lowest BCUT2D eigenvalue weighted by molar-refractivity contribution is -0.393. The molecule has 1 rings (SSSR count). The molecule has 0 amide bonds. The van der Waals surface area contributed by atoms with Crippen molar-refractivity contribution >= 4 is 17.1 Å². The number of anilines is 1. The Kier molecular flexibility index (Phi) is 21.8. The Morgan fingerprint density at radius 3 is 1.56 bits per heavy atom. The van der Waals surface area contributed by atoms with Crippen molar-refractivity contribution in [2.45, 2.75) is 45.4 Å². The average molecular weight is 560 g/mol. The molecular formula is C26H45N3O10. The van der Waals surface area contributed by atoms with Gasteiger partial charge in [-0.15, -0.1) is 0 Å². The van der Waals surface area contributed by atoms with Crippen LogP contribution in [0.4, 0.5) is 17.1 Å². The summed E-state index contributed by atoms with van der Waals surface area (Å²) in [5.74, 6) is 0. The number of nitro groups is 2. The molecule has 13 nitrogen and oxygen atoms in total. The minimum atomic E-state index is -0.675. The van der Waals surface area contributed by atoms with E-state index in [1.165, 1.54) is 44.2 Å². The van der Waals surface area contributed by atoms with Crippen molar-refractivity contribution < 1.29 is 38.3 Å². The van der Waals surface area contributed by atoms with Crippen molar-refractivity contribution in [3.8, 4) is 0 Å². The SMILES string of the molecule is CCCCCCCCOCCOCCOCCOCCOCCOCCNc1ccc([N+](=O)[O-])cc1[N+](=O)[O-]. The van der Waals surface area contributed by atoms with Crippen molar-refractivity contribution in [1.82, 2.24) is 0 Å². The van der Waals surface area contributed by atoms with Crippen molar-refractivity contribution in [1.29, 1.82) is 0 Å². The molecule has 0 aliphatic heterocycles. The molecule has 224 valence electrons. The summed E-state index contributed by atoms with van der Waals surface area (Å²) in [6.07, 6.45) is 7.57. The van der Waals surface area contributed by atoms with Crippen LogP contribution < -0.4 is 5.32 Å². The molecule has 0 bridgehead atoms. The first-order valence-corrected chi connectivity index (χ1v) is 13.7. The number of hydrogen-bond donors (Lipinski definition) is 1. The van der Waals surface area contributed by atoms with Gasteiger partial charge in [-0.25, -0.2) is 0 Å². The summed E-state index contributed by atoms with van der Waals surface area (Å²) in [5.41, 5.74) is -0.494. The zero-order chi connectivity index (χ0) is 28.4. The normalized spacial score (nSPS) is 11.1. The Morgan fingerprint density at radius 1 is 0.615 bits per heavy atom. The van der Waals surface area contributed by atoms with E-state index >= 15 is 0 Å². The maximum atomic E-state index is 11.1. The fraction of sp³-hybridized carbons (Fsp3) is 0.769. The Morgan fingerprint density at radius 2 is 1.08 bits per heavy atom. The van der Waals surface area contributed by atoms with E-state index in [-0.39, 0.29) is 17.1 Å². The molecule has 0 aromatic heterocycles. The monoisotopic (exact) mass is 559 g/mol. The zero-order valence-corrected chi connectivity index (χ0v) is 23.1. The lowest BCUT2D eigenvalue weighted by Gasteiger charge is -2.09. The van der Waals surface area contributed by atoms with Crippen LogP contribution in [0.1, 0.15) is 45.4 Å². The van der Waals surface area contributed by atoms with E-state index < -0.39 is 9.85 Å². The lowest BCUT2D eigenvalue weighted by Crippen LogP contribution is -2.15. The minimum absolute atomic E-state index is 0.197. The first kappa shape index (κ1) is 34.6. The van der Waals surface area contributed by atoms with Gasteiger partial charge in [0, 0.05) is 19.2 Å². The first-order valence-electron chi connectivity index (χ1n) is 13.7. The lowest BCUT2D eigenvalue weighted by atomic mass is 10.1. The number of unbranched alkanes of at least 4 members (excludes halogenated alkanes) is 5. The quantitative estimate of drug-likeness (QED) is 0.0884. The van der Waals surface area contributed by atoms with E-state index in [1.807, 2.05) is 0 Å². The maximum absolute atomic E-state index is 11.1. The van der Waals surface area contributed by atoms with Crippen LogP contribution in [0.2, 0.25) is 0 Å². The van der Waals surface area contributed by atoms with E-state index in [0.717, 1.165) is 19.1 Å². The third-order valence-corrected chi connectivity index (χ3v) is 5.45. The third-order valence-electron chi connectivity index (χ3n) is 5.45. The predicted octanol–water partition coefficient (Wildman–Crippen LogP) is 4.38. The van der Waals surface area contributed by atoms with Crippen LogP contribution in [0, 0.1) is 20.2 Å². The van der Waals surface area contributed by atoms with Crippen LogP contribution in [-0.4, -0.2) is 95.7 Å². The molecule has 0 aliphatic rings. The second-order valence-corrected chi connectivity index (χ2v) is 8.58. The molecule has 1 aromatic rings. The average Bonchev–Trinajstić information content (AvgIpc) is 2.92. The first-order chi connectivity index (χ1) is 19.1. The van der Waals surface area contributed by atoms with Crippen molar-refractivity contribution in [3.05, 3.63) is 38.4 Å². The molecule has 39 heavy (non-hydrogen) atoms. The molecule has 1 N–H and O–H groups in total. The standard InChI is InChI=1S/C26H45N3O10/c1-2-3-4-5-6-7-11-34-13-15-36-17-19-38-21-22-39-20-18-37-16-14-35-12-10-27-25-9-8-24(28(30)31)23-26(25)29(32)33/h8-9,23,27H,2-7,10-22H2,1H3. The summed E-state index contributed by atoms with van der Waals surface area (Å²) in [6, 6.07) is 3.45. The molecular weight excluding hydrogens is 514 g/mol. The van der Waals surface area contributed by atoms with E-state index in [2.05, 4.69) is 12.2 Å². The highest BCUT2D eigenvalue weighted by molar-refractivity contribution is 5.65. The van der Waals surface area contributed by atoms with Crippen molar-refractivity contribution in [2.24, 2.45) is 0 Å². The van der Waals surface area contributed by atoms with Crippen molar-refractivity contribution in [2.75, 3.05) is 91.1 Å². The fourth-order valence-electron chi connectivity index (χ4n) is 3.38. The number of nitro benzene ring substituents is 2. The molecule has 0 fully saturated rings. The number of nitrogens with one attached hydrogen (secondary N) is 1. The largest absolute Gasteiger partial charge is 0.379 e. The van der Waals surface area contributed by atoms with E-state index in [9.17, 15) is 20.2 Å². The highest BCUT2D eigenvalue weighted by atomic mass is 16.6. The number of ether oxygens (including phenoxy) is 6. The second kappa shape index (κ2) is 24.6. The van der Waals surface area contributed by atoms with Gasteiger partial charge in [0.1, 0.15) is 5.69 Å². The van der Waals surface area contributed by atoms with Gasteiger partial charge >= 0.3 is 0 Å². The molecule has 0 saturated carbocycles. The summed E-state index contributed by atoms with van der Waals surface area (Å²) >= 11 is 0. The highest BCUT2D eigenvalue weighted by Crippen LogP contribution is 2.28. The van der Waals surface area contributed by atoms with Crippen LogP contribution in [-0.2, 0) is 28.4 Å². The Hall–Kier alpha value is -2.42. The molecule has 0 saturated heterocycles. The molecule has 0 spiro atoms. The van der Waals surface area contributed by atoms with E-state index in [0.29, 0.717) is 79.2 Å². The highest BCUT2D eigenvalue weighted by Gasteiger charge is 2.18.